The molecule has 1 N–H and O–H groups in total. The summed E-state index contributed by atoms with van der Waals surface area (Å²) in [5.41, 5.74) is 4.76. The van der Waals surface area contributed by atoms with Gasteiger partial charge in [-0.3, -0.25) is 9.20 Å². The highest BCUT2D eigenvalue weighted by atomic mass is 32.2. The van der Waals surface area contributed by atoms with Gasteiger partial charge in [-0.15, -0.1) is 10.2 Å². The number of carbonyl (C=O) groups is 1. The van der Waals surface area contributed by atoms with Gasteiger partial charge in [-0.05, 0) is 79.6 Å². The van der Waals surface area contributed by atoms with E-state index >= 15 is 0 Å². The van der Waals surface area contributed by atoms with E-state index in [1.54, 1.807) is 22.6 Å². The second-order valence-electron chi connectivity index (χ2n) is 11.1. The first-order valence-corrected chi connectivity index (χ1v) is 14.8. The quantitative estimate of drug-likeness (QED) is 0.378. The first-order valence-electron chi connectivity index (χ1n) is 13.3. The maximum atomic E-state index is 13.9. The summed E-state index contributed by atoms with van der Waals surface area (Å²) in [6.07, 6.45) is 5.19. The first kappa shape index (κ1) is 26.4. The lowest BCUT2D eigenvalue weighted by Gasteiger charge is -2.29. The molecule has 4 heterocycles. The number of hydrogen-bond acceptors (Lipinski definition) is 7. The predicted molar refractivity (Wildman–Crippen MR) is 150 cm³/mol. The number of benzene rings is 1. The molecule has 4 aromatic rings. The highest BCUT2D eigenvalue weighted by molar-refractivity contribution is 7.89. The lowest BCUT2D eigenvalue weighted by molar-refractivity contribution is -0.137. The van der Waals surface area contributed by atoms with E-state index in [0.29, 0.717) is 18.0 Å². The zero-order valence-electron chi connectivity index (χ0n) is 23.0. The number of carboxylic acids is 1. The standard InChI is InChI=1S/C29H32N6O4S/c1-18-7-8-21(24(15-26(36)37)23-9-13-35-20(3)31-32-27(35)19(23)2)14-22(18)16-34-17-29(10-11-29)33(4)28-25(40(34,38)39)6-5-12-30-28/h5-9,12-14,24H,10-11,15-17H2,1-4H3,(H,36,37). The van der Waals surface area contributed by atoms with E-state index < -0.39 is 21.9 Å². The van der Waals surface area contributed by atoms with Crippen LogP contribution in [0.1, 0.15) is 58.8 Å². The van der Waals surface area contributed by atoms with Crippen LogP contribution >= 0.6 is 0 Å². The number of likely N-dealkylation sites (N-methyl/N-ethyl adjacent to an activating group) is 1. The highest BCUT2D eigenvalue weighted by Crippen LogP contribution is 2.48. The van der Waals surface area contributed by atoms with Gasteiger partial charge in [0.2, 0.25) is 10.0 Å². The Kier molecular flexibility index (Phi) is 6.19. The molecule has 3 aromatic heterocycles. The summed E-state index contributed by atoms with van der Waals surface area (Å²) in [5.74, 6) is -0.108. The average Bonchev–Trinajstić information content (AvgIpc) is 3.62. The summed E-state index contributed by atoms with van der Waals surface area (Å²) in [4.78, 5) is 18.7. The molecule has 0 amide bonds. The van der Waals surface area contributed by atoms with Crippen LogP contribution in [0.15, 0.2) is 53.7 Å². The molecule has 1 aliphatic carbocycles. The molecule has 1 saturated carbocycles. The molecule has 0 bridgehead atoms. The molecule has 11 heteroatoms. The topological polar surface area (TPSA) is 121 Å². The fourth-order valence-electron chi connectivity index (χ4n) is 5.94. The SMILES string of the molecule is Cc1ccc(C(CC(=O)O)c2ccn3c(C)nnc3c2C)cc1CN1CC2(CC2)N(C)c2ncccc2S1(=O)=O. The van der Waals surface area contributed by atoms with Crippen LogP contribution in [-0.4, -0.2) is 62.5 Å². The second kappa shape index (κ2) is 9.38. The number of pyridine rings is 2. The summed E-state index contributed by atoms with van der Waals surface area (Å²) in [7, 11) is -1.89. The largest absolute Gasteiger partial charge is 0.481 e. The van der Waals surface area contributed by atoms with Crippen molar-refractivity contribution in [2.45, 2.75) is 62.9 Å². The number of aliphatic carboxylic acids is 1. The molecule has 6 rings (SSSR count). The van der Waals surface area contributed by atoms with Gasteiger partial charge in [-0.1, -0.05) is 18.2 Å². The molecule has 1 aliphatic heterocycles. The third-order valence-corrected chi connectivity index (χ3v) is 10.4. The van der Waals surface area contributed by atoms with E-state index in [9.17, 15) is 18.3 Å². The number of aromatic nitrogens is 4. The van der Waals surface area contributed by atoms with Crippen LogP contribution in [0.4, 0.5) is 5.82 Å². The molecule has 2 aliphatic rings. The molecule has 1 atom stereocenters. The van der Waals surface area contributed by atoms with Gasteiger partial charge in [0.05, 0.1) is 12.0 Å². The van der Waals surface area contributed by atoms with Crippen LogP contribution in [0, 0.1) is 20.8 Å². The molecule has 1 unspecified atom stereocenters. The van der Waals surface area contributed by atoms with Crippen LogP contribution in [0.5, 0.6) is 0 Å². The average molecular weight is 561 g/mol. The molecule has 40 heavy (non-hydrogen) atoms. The van der Waals surface area contributed by atoms with Crippen molar-refractivity contribution in [1.29, 1.82) is 0 Å². The Hall–Kier alpha value is -3.83. The van der Waals surface area contributed by atoms with Gasteiger partial charge in [0.15, 0.2) is 5.65 Å². The van der Waals surface area contributed by atoms with E-state index in [-0.39, 0.29) is 23.4 Å². The van der Waals surface area contributed by atoms with E-state index in [1.807, 2.05) is 67.6 Å². The molecule has 208 valence electrons. The van der Waals surface area contributed by atoms with Crippen LogP contribution in [0.25, 0.3) is 5.65 Å². The Morgan fingerprint density at radius 3 is 2.62 bits per heavy atom. The highest BCUT2D eigenvalue weighted by Gasteiger charge is 2.53. The van der Waals surface area contributed by atoms with Crippen molar-refractivity contribution in [2.75, 3.05) is 18.5 Å². The van der Waals surface area contributed by atoms with E-state index in [1.165, 1.54) is 0 Å². The molecule has 0 saturated heterocycles. The molecule has 1 spiro atoms. The maximum absolute atomic E-state index is 13.9. The summed E-state index contributed by atoms with van der Waals surface area (Å²) in [6.45, 7) is 6.32. The van der Waals surface area contributed by atoms with Crippen molar-refractivity contribution in [2.24, 2.45) is 0 Å². The van der Waals surface area contributed by atoms with E-state index in [2.05, 4.69) is 15.2 Å². The second-order valence-corrected chi connectivity index (χ2v) is 13.0. The van der Waals surface area contributed by atoms with Gasteiger partial charge >= 0.3 is 5.97 Å². The monoisotopic (exact) mass is 560 g/mol. The van der Waals surface area contributed by atoms with Crippen LogP contribution in [0.3, 0.4) is 0 Å². The van der Waals surface area contributed by atoms with Gasteiger partial charge in [-0.25, -0.2) is 13.4 Å². The Bertz CT molecular complexity index is 1760. The number of hydrogen-bond donors (Lipinski definition) is 1. The number of rotatable bonds is 6. The van der Waals surface area contributed by atoms with Crippen molar-refractivity contribution in [1.82, 2.24) is 23.9 Å². The number of nitrogens with zero attached hydrogens (tertiary/aromatic N) is 6. The molecule has 10 nitrogen and oxygen atoms in total. The summed E-state index contributed by atoms with van der Waals surface area (Å²) < 4.78 is 31.3. The van der Waals surface area contributed by atoms with Crippen LogP contribution in [0.2, 0.25) is 0 Å². The van der Waals surface area contributed by atoms with Gasteiger partial charge in [0, 0.05) is 38.4 Å². The van der Waals surface area contributed by atoms with Crippen molar-refractivity contribution in [3.8, 4) is 0 Å². The van der Waals surface area contributed by atoms with Crippen LogP contribution < -0.4 is 4.90 Å². The first-order chi connectivity index (χ1) is 19.0. The predicted octanol–water partition coefficient (Wildman–Crippen LogP) is 3.83. The molecular formula is C29H32N6O4S. The summed E-state index contributed by atoms with van der Waals surface area (Å²) in [6, 6.07) is 11.1. The normalized spacial score (nSPS) is 18.4. The van der Waals surface area contributed by atoms with Gasteiger partial charge in [0.25, 0.3) is 0 Å². The maximum Gasteiger partial charge on any atom is 0.304 e. The van der Waals surface area contributed by atoms with Crippen molar-refractivity contribution in [3.63, 3.8) is 0 Å². The Balaban J connectivity index is 1.41. The zero-order valence-corrected chi connectivity index (χ0v) is 23.8. The minimum Gasteiger partial charge on any atom is -0.481 e. The van der Waals surface area contributed by atoms with Gasteiger partial charge in [0.1, 0.15) is 16.5 Å². The van der Waals surface area contributed by atoms with Crippen molar-refractivity contribution < 1.29 is 18.3 Å². The smallest absolute Gasteiger partial charge is 0.304 e. The lowest BCUT2D eigenvalue weighted by Crippen LogP contribution is -2.43. The Morgan fingerprint density at radius 2 is 1.90 bits per heavy atom. The van der Waals surface area contributed by atoms with Crippen LogP contribution in [-0.2, 0) is 21.4 Å². The molecule has 1 fully saturated rings. The minimum atomic E-state index is -3.81. The van der Waals surface area contributed by atoms with Crippen molar-refractivity contribution in [3.05, 3.63) is 82.4 Å². The van der Waals surface area contributed by atoms with E-state index in [4.69, 9.17) is 0 Å². The zero-order chi connectivity index (χ0) is 28.4. The lowest BCUT2D eigenvalue weighted by atomic mass is 9.85. The van der Waals surface area contributed by atoms with Gasteiger partial charge in [-0.2, -0.15) is 4.31 Å². The number of carboxylic acid groups (broad SMARTS) is 1. The molecule has 1 aromatic carbocycles. The van der Waals surface area contributed by atoms with E-state index in [0.717, 1.165) is 46.5 Å². The third kappa shape index (κ3) is 4.24. The number of anilines is 1. The Morgan fingerprint density at radius 1 is 1.12 bits per heavy atom. The number of sulfonamides is 1. The fraction of sp³-hybridized carbons (Fsp3) is 0.379. The number of aryl methyl sites for hydroxylation is 3. The minimum absolute atomic E-state index is 0.110. The van der Waals surface area contributed by atoms with Crippen molar-refractivity contribution >= 4 is 27.5 Å². The third-order valence-electron chi connectivity index (χ3n) is 8.61. The van der Waals surface area contributed by atoms with Gasteiger partial charge < -0.3 is 10.0 Å². The number of fused-ring (bicyclic) bond motifs is 2. The Labute approximate surface area is 233 Å². The summed E-state index contributed by atoms with van der Waals surface area (Å²) in [5, 5.41) is 18.3. The fourth-order valence-corrected chi connectivity index (χ4v) is 7.61. The molecule has 0 radical (unpaired) electrons. The summed E-state index contributed by atoms with van der Waals surface area (Å²) >= 11 is 0. The molecular weight excluding hydrogens is 528 g/mol.